The second-order valence-electron chi connectivity index (χ2n) is 8.36. The van der Waals surface area contributed by atoms with Crippen molar-refractivity contribution in [3.8, 4) is 0 Å². The first-order valence-electron chi connectivity index (χ1n) is 9.89. The van der Waals surface area contributed by atoms with E-state index in [1.807, 2.05) is 45.9 Å². The fourth-order valence-electron chi connectivity index (χ4n) is 5.08. The number of para-hydroxylation sites is 1. The third-order valence-corrected chi connectivity index (χ3v) is 6.44. The van der Waals surface area contributed by atoms with Crippen LogP contribution in [-0.2, 0) is 19.9 Å². The summed E-state index contributed by atoms with van der Waals surface area (Å²) in [6.07, 6.45) is 1.69. The van der Waals surface area contributed by atoms with Gasteiger partial charge in [0.15, 0.2) is 0 Å². The van der Waals surface area contributed by atoms with Crippen LogP contribution in [0.25, 0.3) is 0 Å². The number of anilines is 1. The lowest BCUT2D eigenvalue weighted by Crippen LogP contribution is -2.54. The number of nitrogens with one attached hydrogen (secondary N) is 2. The number of benzene rings is 1. The van der Waals surface area contributed by atoms with E-state index in [1.54, 1.807) is 0 Å². The van der Waals surface area contributed by atoms with Crippen LogP contribution in [0.4, 0.5) is 5.69 Å². The molecule has 2 saturated heterocycles. The number of fused-ring (bicyclic) bond motifs is 4. The topological polar surface area (TPSA) is 78.5 Å². The Hall–Kier alpha value is -2.21. The van der Waals surface area contributed by atoms with Gasteiger partial charge in [0.1, 0.15) is 5.54 Å². The highest BCUT2D eigenvalue weighted by molar-refractivity contribution is 6.15. The van der Waals surface area contributed by atoms with E-state index in [2.05, 4.69) is 10.6 Å². The highest BCUT2D eigenvalue weighted by Crippen LogP contribution is 2.54. The van der Waals surface area contributed by atoms with Crippen molar-refractivity contribution in [1.82, 2.24) is 10.2 Å². The first kappa shape index (κ1) is 18.2. The van der Waals surface area contributed by atoms with Crippen molar-refractivity contribution in [1.29, 1.82) is 0 Å². The van der Waals surface area contributed by atoms with Gasteiger partial charge in [-0.1, -0.05) is 45.4 Å². The molecular weight excluding hydrogens is 342 g/mol. The van der Waals surface area contributed by atoms with Crippen molar-refractivity contribution in [2.75, 3.05) is 11.9 Å². The fourth-order valence-corrected chi connectivity index (χ4v) is 5.08. The molecule has 3 aliphatic rings. The van der Waals surface area contributed by atoms with Gasteiger partial charge in [0, 0.05) is 23.8 Å². The lowest BCUT2D eigenvalue weighted by molar-refractivity contribution is -0.143. The van der Waals surface area contributed by atoms with E-state index in [0.29, 0.717) is 6.54 Å². The number of hydrogen-bond acceptors (Lipinski definition) is 4. The van der Waals surface area contributed by atoms with Crippen LogP contribution in [0.3, 0.4) is 0 Å². The van der Waals surface area contributed by atoms with Crippen molar-refractivity contribution >= 4 is 23.4 Å². The van der Waals surface area contributed by atoms with Crippen molar-refractivity contribution in [2.24, 2.45) is 17.8 Å². The Kier molecular flexibility index (Phi) is 4.14. The van der Waals surface area contributed by atoms with Gasteiger partial charge in [-0.25, -0.2) is 0 Å². The molecule has 6 nitrogen and oxygen atoms in total. The Morgan fingerprint density at radius 1 is 1.19 bits per heavy atom. The summed E-state index contributed by atoms with van der Waals surface area (Å²) in [6, 6.07) is 5.54. The number of rotatable bonds is 4. The number of nitrogens with zero attached hydrogens (tertiary/aromatic N) is 1. The number of amides is 3. The fraction of sp³-hybridized carbons (Fsp3) is 0.571. The summed E-state index contributed by atoms with van der Waals surface area (Å²) in [5.74, 6) is -1.61. The zero-order chi connectivity index (χ0) is 19.5. The van der Waals surface area contributed by atoms with Gasteiger partial charge in [0.25, 0.3) is 0 Å². The summed E-state index contributed by atoms with van der Waals surface area (Å²) in [7, 11) is 0. The molecule has 1 spiro atoms. The average Bonchev–Trinajstić information content (AvgIpc) is 3.21. The molecule has 4 atom stereocenters. The SMILES string of the molecule is CCCCN1C(=O)[C@@H]2[C@@H](C(C)C)N[C@]3(C(=O)Nc4c(C)cccc43)[C@@H]2C1=O. The number of aryl methyl sites for hydroxylation is 1. The number of carbonyl (C=O) groups excluding carboxylic acids is 3. The maximum atomic E-state index is 13.4. The predicted molar refractivity (Wildman–Crippen MR) is 102 cm³/mol. The van der Waals surface area contributed by atoms with Crippen LogP contribution in [0.1, 0.15) is 44.7 Å². The largest absolute Gasteiger partial charge is 0.324 e. The molecule has 3 amide bonds. The second kappa shape index (κ2) is 6.16. The Morgan fingerprint density at radius 2 is 1.93 bits per heavy atom. The molecule has 144 valence electrons. The Morgan fingerprint density at radius 3 is 2.59 bits per heavy atom. The van der Waals surface area contributed by atoms with Gasteiger partial charge >= 0.3 is 0 Å². The Balaban J connectivity index is 1.87. The summed E-state index contributed by atoms with van der Waals surface area (Å²) in [6.45, 7) is 8.48. The standard InChI is InChI=1S/C21H27N3O3/c1-5-6-10-24-18(25)14-15(19(24)26)21(23-16(14)11(2)3)13-9-7-8-12(4)17(13)22-20(21)27/h7-9,11,14-16,23H,5-6,10H2,1-4H3,(H,22,27)/t14-,15-,16+,21-/m0/s1. The van der Waals surface area contributed by atoms with Crippen LogP contribution in [0.15, 0.2) is 18.2 Å². The molecule has 3 heterocycles. The second-order valence-corrected chi connectivity index (χ2v) is 8.36. The lowest BCUT2D eigenvalue weighted by atomic mass is 9.75. The van der Waals surface area contributed by atoms with Gasteiger partial charge < -0.3 is 5.32 Å². The van der Waals surface area contributed by atoms with Gasteiger partial charge in [0.2, 0.25) is 17.7 Å². The Labute approximate surface area is 159 Å². The lowest BCUT2D eigenvalue weighted by Gasteiger charge is -2.30. The minimum absolute atomic E-state index is 0.126. The van der Waals surface area contributed by atoms with Crippen molar-refractivity contribution in [2.45, 2.75) is 52.1 Å². The molecule has 0 saturated carbocycles. The number of hydrogen-bond donors (Lipinski definition) is 2. The molecule has 27 heavy (non-hydrogen) atoms. The van der Waals surface area contributed by atoms with E-state index in [4.69, 9.17) is 0 Å². The molecule has 1 aromatic rings. The van der Waals surface area contributed by atoms with Crippen molar-refractivity contribution in [3.05, 3.63) is 29.3 Å². The van der Waals surface area contributed by atoms with Gasteiger partial charge in [-0.15, -0.1) is 0 Å². The van der Waals surface area contributed by atoms with Crippen LogP contribution in [0.2, 0.25) is 0 Å². The van der Waals surface area contributed by atoms with Crippen molar-refractivity contribution < 1.29 is 14.4 Å². The summed E-state index contributed by atoms with van der Waals surface area (Å²) in [5, 5.41) is 6.44. The monoisotopic (exact) mass is 369 g/mol. The molecule has 1 aromatic carbocycles. The van der Waals surface area contributed by atoms with Gasteiger partial charge in [-0.05, 0) is 24.8 Å². The number of likely N-dealkylation sites (tertiary alicyclic amines) is 1. The van der Waals surface area contributed by atoms with Crippen molar-refractivity contribution in [3.63, 3.8) is 0 Å². The van der Waals surface area contributed by atoms with Crippen LogP contribution in [0, 0.1) is 24.7 Å². The quantitative estimate of drug-likeness (QED) is 0.798. The first-order chi connectivity index (χ1) is 12.8. The molecule has 3 aliphatic heterocycles. The highest BCUT2D eigenvalue weighted by atomic mass is 16.2. The molecule has 0 aromatic heterocycles. The first-order valence-corrected chi connectivity index (χ1v) is 9.89. The third-order valence-electron chi connectivity index (χ3n) is 6.44. The molecular formula is C21H27N3O3. The number of imide groups is 1. The van der Waals surface area contributed by atoms with Crippen LogP contribution in [-0.4, -0.2) is 35.2 Å². The number of unbranched alkanes of at least 4 members (excludes halogenated alkanes) is 1. The minimum atomic E-state index is -1.16. The van der Waals surface area contributed by atoms with E-state index >= 15 is 0 Å². The van der Waals surface area contributed by atoms with Gasteiger partial charge in [-0.2, -0.15) is 0 Å². The van der Waals surface area contributed by atoms with E-state index < -0.39 is 17.4 Å². The minimum Gasteiger partial charge on any atom is -0.324 e. The van der Waals surface area contributed by atoms with E-state index in [-0.39, 0.29) is 29.7 Å². The van der Waals surface area contributed by atoms with Crippen LogP contribution in [0.5, 0.6) is 0 Å². The zero-order valence-electron chi connectivity index (χ0n) is 16.3. The molecule has 4 rings (SSSR count). The van der Waals surface area contributed by atoms with Gasteiger partial charge in [0.05, 0.1) is 11.8 Å². The summed E-state index contributed by atoms with van der Waals surface area (Å²) < 4.78 is 0. The molecule has 0 unspecified atom stereocenters. The van der Waals surface area contributed by atoms with Gasteiger partial charge in [-0.3, -0.25) is 24.6 Å². The summed E-state index contributed by atoms with van der Waals surface area (Å²) in [4.78, 5) is 41.2. The van der Waals surface area contributed by atoms with E-state index in [0.717, 1.165) is 29.7 Å². The molecule has 2 fully saturated rings. The maximum Gasteiger partial charge on any atom is 0.250 e. The smallest absolute Gasteiger partial charge is 0.250 e. The average molecular weight is 369 g/mol. The third kappa shape index (κ3) is 2.25. The molecule has 6 heteroatoms. The Bertz CT molecular complexity index is 834. The van der Waals surface area contributed by atoms with E-state index in [1.165, 1.54) is 4.90 Å². The number of carbonyl (C=O) groups is 3. The van der Waals surface area contributed by atoms with Crippen LogP contribution < -0.4 is 10.6 Å². The van der Waals surface area contributed by atoms with Crippen LogP contribution >= 0.6 is 0 Å². The maximum absolute atomic E-state index is 13.4. The molecule has 2 N–H and O–H groups in total. The molecule has 0 aliphatic carbocycles. The zero-order valence-corrected chi connectivity index (χ0v) is 16.3. The van der Waals surface area contributed by atoms with E-state index in [9.17, 15) is 14.4 Å². The highest BCUT2D eigenvalue weighted by Gasteiger charge is 2.70. The predicted octanol–water partition coefficient (Wildman–Crippen LogP) is 2.17. The normalized spacial score (nSPS) is 31.8. The summed E-state index contributed by atoms with van der Waals surface area (Å²) in [5.41, 5.74) is 1.37. The molecule has 0 bridgehead atoms. The molecule has 0 radical (unpaired) electrons. The summed E-state index contributed by atoms with van der Waals surface area (Å²) >= 11 is 0.